The lowest BCUT2D eigenvalue weighted by atomic mass is 10.7. The Hall–Kier alpha value is -0.310. The van der Waals surface area contributed by atoms with Gasteiger partial charge in [0.05, 0.1) is 0 Å². The van der Waals surface area contributed by atoms with Crippen molar-refractivity contribution in [3.63, 3.8) is 0 Å². The van der Waals surface area contributed by atoms with Gasteiger partial charge in [0, 0.05) is 0 Å². The molecule has 0 aromatic heterocycles. The predicted octanol–water partition coefficient (Wildman–Crippen LogP) is 1.52. The lowest BCUT2D eigenvalue weighted by molar-refractivity contribution is -0.241. The SMILES string of the molecule is F.O=S(O)C(F)(F)C(F)(F)F. The van der Waals surface area contributed by atoms with Crippen molar-refractivity contribution in [3.8, 4) is 0 Å². The molecular formula is C2H2F6O2S. The molecule has 0 heterocycles. The van der Waals surface area contributed by atoms with E-state index in [-0.39, 0.29) is 4.70 Å². The fraction of sp³-hybridized carbons (Fsp3) is 1.00. The van der Waals surface area contributed by atoms with Crippen LogP contribution in [0.25, 0.3) is 0 Å². The number of hydrogen-bond donors (Lipinski definition) is 1. The molecule has 0 rings (SSSR count). The third kappa shape index (κ3) is 2.66. The Kier molecular flexibility index (Phi) is 4.10. The summed E-state index contributed by atoms with van der Waals surface area (Å²) in [5, 5.41) is -5.53. The van der Waals surface area contributed by atoms with Gasteiger partial charge >= 0.3 is 11.4 Å². The van der Waals surface area contributed by atoms with Crippen LogP contribution in [0.4, 0.5) is 26.7 Å². The van der Waals surface area contributed by atoms with E-state index in [1.54, 1.807) is 0 Å². The molecule has 0 saturated carbocycles. The molecule has 1 atom stereocenters. The Bertz CT molecular complexity index is 151. The van der Waals surface area contributed by atoms with Crippen molar-refractivity contribution in [2.75, 3.05) is 0 Å². The van der Waals surface area contributed by atoms with E-state index in [1.807, 2.05) is 0 Å². The molecule has 0 aromatic rings. The number of halogens is 6. The summed E-state index contributed by atoms with van der Waals surface area (Å²) in [7, 11) is 0. The monoisotopic (exact) mass is 204 g/mol. The first-order chi connectivity index (χ1) is 4.19. The van der Waals surface area contributed by atoms with Crippen LogP contribution in [0.15, 0.2) is 0 Å². The van der Waals surface area contributed by atoms with Crippen molar-refractivity contribution in [3.05, 3.63) is 0 Å². The number of rotatable bonds is 1. The van der Waals surface area contributed by atoms with Gasteiger partial charge in [-0.1, -0.05) is 0 Å². The Balaban J connectivity index is 0. The average Bonchev–Trinajstić information content (AvgIpc) is 1.62. The summed E-state index contributed by atoms with van der Waals surface area (Å²) in [5.41, 5.74) is 0. The van der Waals surface area contributed by atoms with Crippen molar-refractivity contribution in [2.45, 2.75) is 11.4 Å². The van der Waals surface area contributed by atoms with Crippen molar-refractivity contribution in [1.82, 2.24) is 0 Å². The first-order valence-electron chi connectivity index (χ1n) is 1.75. The minimum Gasteiger partial charge on any atom is -0.301 e. The first kappa shape index (κ1) is 13.3. The second kappa shape index (κ2) is 3.39. The summed E-state index contributed by atoms with van der Waals surface area (Å²) < 4.78 is 72.4. The molecule has 0 amide bonds. The summed E-state index contributed by atoms with van der Waals surface area (Å²) in [6, 6.07) is 0. The van der Waals surface area contributed by atoms with E-state index in [0.29, 0.717) is 0 Å². The first-order valence-corrected chi connectivity index (χ1v) is 2.86. The maximum atomic E-state index is 11.4. The van der Waals surface area contributed by atoms with Crippen LogP contribution < -0.4 is 0 Å². The fourth-order valence-corrected chi connectivity index (χ4v) is 0.297. The van der Waals surface area contributed by atoms with E-state index in [9.17, 15) is 26.2 Å². The van der Waals surface area contributed by atoms with Crippen LogP contribution in [0.2, 0.25) is 0 Å². The summed E-state index contributed by atoms with van der Waals surface area (Å²) >= 11 is -4.20. The van der Waals surface area contributed by atoms with Crippen LogP contribution in [0.3, 0.4) is 0 Å². The van der Waals surface area contributed by atoms with Crippen LogP contribution >= 0.6 is 0 Å². The van der Waals surface area contributed by atoms with Crippen molar-refractivity contribution in [1.29, 1.82) is 0 Å². The average molecular weight is 204 g/mol. The van der Waals surface area contributed by atoms with Crippen molar-refractivity contribution >= 4 is 11.1 Å². The van der Waals surface area contributed by atoms with Crippen LogP contribution in [0.5, 0.6) is 0 Å². The van der Waals surface area contributed by atoms with Gasteiger partial charge in [0.25, 0.3) is 0 Å². The highest BCUT2D eigenvalue weighted by Crippen LogP contribution is 2.37. The van der Waals surface area contributed by atoms with Crippen LogP contribution in [-0.2, 0) is 11.1 Å². The summed E-state index contributed by atoms with van der Waals surface area (Å²) in [5.74, 6) is 0. The summed E-state index contributed by atoms with van der Waals surface area (Å²) in [6.45, 7) is 0. The highest BCUT2D eigenvalue weighted by molar-refractivity contribution is 7.80. The van der Waals surface area contributed by atoms with E-state index in [4.69, 9.17) is 4.55 Å². The quantitative estimate of drug-likeness (QED) is 0.519. The molecule has 0 bridgehead atoms. The molecule has 9 heteroatoms. The van der Waals surface area contributed by atoms with Crippen LogP contribution in [0.1, 0.15) is 0 Å². The topological polar surface area (TPSA) is 37.3 Å². The molecule has 0 spiro atoms. The lowest BCUT2D eigenvalue weighted by Gasteiger charge is -2.14. The smallest absolute Gasteiger partial charge is 0.301 e. The third-order valence-electron chi connectivity index (χ3n) is 0.549. The Morgan fingerprint density at radius 3 is 1.36 bits per heavy atom. The third-order valence-corrected chi connectivity index (χ3v) is 1.22. The van der Waals surface area contributed by atoms with E-state index in [2.05, 4.69) is 0 Å². The fourth-order valence-electron chi connectivity index (χ4n) is 0.0990. The van der Waals surface area contributed by atoms with Gasteiger partial charge < -0.3 is 4.55 Å². The molecule has 0 aliphatic heterocycles. The van der Waals surface area contributed by atoms with Gasteiger partial charge in [-0.25, -0.2) is 4.21 Å². The zero-order valence-corrected chi connectivity index (χ0v) is 5.38. The van der Waals surface area contributed by atoms with Gasteiger partial charge in [0.2, 0.25) is 11.1 Å². The number of alkyl halides is 5. The standard InChI is InChI=1S/C2HF5O2S.FH/c3-1(4,5)2(6,7)10(8)9;/h(H,8,9);1H. The molecule has 70 valence electrons. The zero-order chi connectivity index (χ0) is 8.58. The van der Waals surface area contributed by atoms with E-state index in [1.165, 1.54) is 0 Å². The molecule has 11 heavy (non-hydrogen) atoms. The maximum absolute atomic E-state index is 11.4. The van der Waals surface area contributed by atoms with Gasteiger partial charge in [-0.3, -0.25) is 4.70 Å². The molecule has 1 N–H and O–H groups in total. The molecule has 0 aliphatic rings. The lowest BCUT2D eigenvalue weighted by Crippen LogP contribution is -2.40. The molecule has 2 nitrogen and oxygen atoms in total. The minimum atomic E-state index is -5.97. The Morgan fingerprint density at radius 1 is 1.09 bits per heavy atom. The molecular weight excluding hydrogens is 202 g/mol. The molecule has 0 fully saturated rings. The second-order valence-corrected chi connectivity index (χ2v) is 2.27. The van der Waals surface area contributed by atoms with Gasteiger partial charge in [0.15, 0.2) is 0 Å². The summed E-state index contributed by atoms with van der Waals surface area (Å²) in [6.07, 6.45) is -5.97. The molecule has 0 aromatic carbocycles. The Morgan fingerprint density at radius 2 is 1.36 bits per heavy atom. The number of hydrogen-bond acceptors (Lipinski definition) is 1. The van der Waals surface area contributed by atoms with Gasteiger partial charge in [-0.05, 0) is 0 Å². The molecule has 0 radical (unpaired) electrons. The molecule has 0 aliphatic carbocycles. The van der Waals surface area contributed by atoms with Gasteiger partial charge in [-0.15, -0.1) is 0 Å². The summed E-state index contributed by atoms with van der Waals surface area (Å²) in [4.78, 5) is 0. The van der Waals surface area contributed by atoms with Crippen LogP contribution in [0, 0.1) is 0 Å². The van der Waals surface area contributed by atoms with Gasteiger partial charge in [-0.2, -0.15) is 22.0 Å². The maximum Gasteiger partial charge on any atom is 0.469 e. The normalized spacial score (nSPS) is 15.5. The second-order valence-electron chi connectivity index (χ2n) is 1.26. The van der Waals surface area contributed by atoms with E-state index in [0.717, 1.165) is 0 Å². The molecule has 1 unspecified atom stereocenters. The minimum absolute atomic E-state index is 0. The van der Waals surface area contributed by atoms with Crippen molar-refractivity contribution in [2.24, 2.45) is 0 Å². The zero-order valence-electron chi connectivity index (χ0n) is 4.56. The highest BCUT2D eigenvalue weighted by atomic mass is 32.2. The Labute approximate surface area is 59.0 Å². The van der Waals surface area contributed by atoms with E-state index < -0.39 is 22.5 Å². The predicted molar refractivity (Wildman–Crippen MR) is 24.3 cm³/mol. The molecule has 0 saturated heterocycles. The van der Waals surface area contributed by atoms with Gasteiger partial charge in [0.1, 0.15) is 0 Å². The highest BCUT2D eigenvalue weighted by Gasteiger charge is 2.62. The largest absolute Gasteiger partial charge is 0.469 e. The van der Waals surface area contributed by atoms with E-state index >= 15 is 0 Å². The van der Waals surface area contributed by atoms with Crippen molar-refractivity contribution < 1.29 is 35.4 Å². The van der Waals surface area contributed by atoms with Crippen LogP contribution in [-0.4, -0.2) is 20.2 Å².